The highest BCUT2D eigenvalue weighted by atomic mass is 16.2. The molecule has 1 fully saturated rings. The average Bonchev–Trinajstić information content (AvgIpc) is 2.78. The number of hydrogen-bond acceptors (Lipinski definition) is 3. The van der Waals surface area contributed by atoms with Crippen LogP contribution in [0, 0.1) is 0 Å². The van der Waals surface area contributed by atoms with Crippen LogP contribution in [0.25, 0.3) is 0 Å². The lowest BCUT2D eigenvalue weighted by atomic mass is 10.0. The zero-order valence-corrected chi connectivity index (χ0v) is 12.7. The SMILES string of the molecule is CCCC(NC(C)(C)C)C(=O)C(=O)NC1CCCC1.[HH].[HH]. The zero-order chi connectivity index (χ0) is 14.5. The van der Waals surface area contributed by atoms with E-state index in [1.807, 2.05) is 27.7 Å². The highest BCUT2D eigenvalue weighted by Gasteiger charge is 2.29. The molecule has 1 amide bonds. The third-order valence-corrected chi connectivity index (χ3v) is 3.42. The summed E-state index contributed by atoms with van der Waals surface area (Å²) in [6, 6.07) is -0.167. The highest BCUT2D eigenvalue weighted by Crippen LogP contribution is 2.17. The molecule has 0 aromatic carbocycles. The molecule has 0 aromatic heterocycles. The van der Waals surface area contributed by atoms with Gasteiger partial charge in [0.2, 0.25) is 5.78 Å². The molecule has 1 unspecified atom stereocenters. The van der Waals surface area contributed by atoms with E-state index in [9.17, 15) is 9.59 Å². The Hall–Kier alpha value is -0.900. The lowest BCUT2D eigenvalue weighted by molar-refractivity contribution is -0.139. The number of Topliss-reactive ketones (excluding diaryl/α,β-unsaturated/α-hetero) is 1. The van der Waals surface area contributed by atoms with Crippen LogP contribution < -0.4 is 10.6 Å². The zero-order valence-electron chi connectivity index (χ0n) is 12.7. The van der Waals surface area contributed by atoms with Crippen LogP contribution in [-0.4, -0.2) is 29.3 Å². The Morgan fingerprint density at radius 3 is 2.32 bits per heavy atom. The van der Waals surface area contributed by atoms with E-state index in [-0.39, 0.29) is 26.3 Å². The predicted octanol–water partition coefficient (Wildman–Crippen LogP) is 2.66. The fraction of sp³-hybridized carbons (Fsp3) is 0.867. The summed E-state index contributed by atoms with van der Waals surface area (Å²) in [6.45, 7) is 8.06. The molecular weight excluding hydrogens is 240 g/mol. The van der Waals surface area contributed by atoms with Gasteiger partial charge in [-0.15, -0.1) is 0 Å². The van der Waals surface area contributed by atoms with Gasteiger partial charge >= 0.3 is 0 Å². The Morgan fingerprint density at radius 2 is 1.84 bits per heavy atom. The van der Waals surface area contributed by atoms with Crippen molar-refractivity contribution in [3.63, 3.8) is 0 Å². The van der Waals surface area contributed by atoms with Gasteiger partial charge in [-0.25, -0.2) is 0 Å². The van der Waals surface area contributed by atoms with Crippen molar-refractivity contribution in [2.45, 2.75) is 83.8 Å². The minimum Gasteiger partial charge on any atom is -0.347 e. The normalized spacial score (nSPS) is 18.3. The van der Waals surface area contributed by atoms with Gasteiger partial charge in [-0.3, -0.25) is 9.59 Å². The number of nitrogens with one attached hydrogen (secondary N) is 2. The molecule has 114 valence electrons. The van der Waals surface area contributed by atoms with Crippen molar-refractivity contribution < 1.29 is 12.4 Å². The molecule has 0 radical (unpaired) electrons. The van der Waals surface area contributed by atoms with E-state index in [0.717, 1.165) is 32.1 Å². The number of rotatable bonds is 6. The fourth-order valence-electron chi connectivity index (χ4n) is 2.57. The van der Waals surface area contributed by atoms with Crippen LogP contribution in [0.3, 0.4) is 0 Å². The first-order chi connectivity index (χ1) is 8.83. The van der Waals surface area contributed by atoms with Crippen LogP contribution in [0.1, 0.15) is 69.1 Å². The van der Waals surface area contributed by atoms with E-state index in [0.29, 0.717) is 6.42 Å². The van der Waals surface area contributed by atoms with Crippen molar-refractivity contribution in [1.82, 2.24) is 10.6 Å². The van der Waals surface area contributed by atoms with Gasteiger partial charge in [0.05, 0.1) is 6.04 Å². The van der Waals surface area contributed by atoms with E-state index in [2.05, 4.69) is 10.6 Å². The second-order valence-electron chi connectivity index (χ2n) is 6.55. The summed E-state index contributed by atoms with van der Waals surface area (Å²) in [4.78, 5) is 24.2. The van der Waals surface area contributed by atoms with Gasteiger partial charge in [0.15, 0.2) is 0 Å². The van der Waals surface area contributed by atoms with Crippen LogP contribution in [-0.2, 0) is 9.59 Å². The Balaban J connectivity index is 0. The number of carbonyl (C=O) groups excluding carboxylic acids is 2. The van der Waals surface area contributed by atoms with Crippen LogP contribution in [0.2, 0.25) is 0 Å². The summed E-state index contributed by atoms with van der Waals surface area (Å²) in [5.74, 6) is -0.731. The first kappa shape index (κ1) is 16.2. The smallest absolute Gasteiger partial charge is 0.289 e. The third kappa shape index (κ3) is 5.72. The molecule has 1 saturated carbocycles. The summed E-state index contributed by atoms with van der Waals surface area (Å²) in [5.41, 5.74) is -0.164. The molecule has 19 heavy (non-hydrogen) atoms. The van der Waals surface area contributed by atoms with Gasteiger partial charge in [0.1, 0.15) is 0 Å². The molecule has 0 heterocycles. The lowest BCUT2D eigenvalue weighted by Crippen LogP contribution is -2.52. The van der Waals surface area contributed by atoms with Crippen LogP contribution in [0.4, 0.5) is 0 Å². The molecule has 1 rings (SSSR count). The molecule has 4 nitrogen and oxygen atoms in total. The Kier molecular flexibility index (Phi) is 5.98. The summed E-state index contributed by atoms with van der Waals surface area (Å²) >= 11 is 0. The molecule has 0 spiro atoms. The molecule has 0 aliphatic heterocycles. The maximum absolute atomic E-state index is 12.2. The van der Waals surface area contributed by atoms with Crippen LogP contribution in [0.15, 0.2) is 0 Å². The lowest BCUT2D eigenvalue weighted by Gasteiger charge is -2.27. The van der Waals surface area contributed by atoms with Gasteiger partial charge in [0, 0.05) is 14.4 Å². The standard InChI is InChI=1S/C15H28N2O2.2H2/c1-5-8-12(17-15(2,3)4)13(18)14(19)16-11-9-6-7-10-11;;/h11-12,17H,5-10H2,1-4H3,(H,16,19);2*1H. The van der Waals surface area contributed by atoms with E-state index in [4.69, 9.17) is 0 Å². The molecule has 4 heteroatoms. The molecule has 2 N–H and O–H groups in total. The monoisotopic (exact) mass is 272 g/mol. The Morgan fingerprint density at radius 1 is 1.26 bits per heavy atom. The maximum Gasteiger partial charge on any atom is 0.289 e. The van der Waals surface area contributed by atoms with E-state index >= 15 is 0 Å². The summed E-state index contributed by atoms with van der Waals surface area (Å²) < 4.78 is 0. The average molecular weight is 272 g/mol. The van der Waals surface area contributed by atoms with Gasteiger partial charge < -0.3 is 10.6 Å². The molecule has 0 aromatic rings. The van der Waals surface area contributed by atoms with Crippen molar-refractivity contribution in [1.29, 1.82) is 0 Å². The number of carbonyl (C=O) groups is 2. The van der Waals surface area contributed by atoms with E-state index in [1.165, 1.54) is 0 Å². The molecule has 1 aliphatic rings. The maximum atomic E-state index is 12.2. The van der Waals surface area contributed by atoms with Crippen LogP contribution >= 0.6 is 0 Å². The first-order valence-corrected chi connectivity index (χ1v) is 7.46. The second-order valence-corrected chi connectivity index (χ2v) is 6.55. The molecule has 1 atom stereocenters. The van der Waals surface area contributed by atoms with Gasteiger partial charge in [-0.2, -0.15) is 0 Å². The van der Waals surface area contributed by atoms with Gasteiger partial charge in [-0.05, 0) is 40.0 Å². The third-order valence-electron chi connectivity index (χ3n) is 3.42. The molecule has 0 saturated heterocycles. The highest BCUT2D eigenvalue weighted by molar-refractivity contribution is 6.38. The molecule has 1 aliphatic carbocycles. The number of amides is 1. The molecule has 0 bridgehead atoms. The van der Waals surface area contributed by atoms with Crippen molar-refractivity contribution in [2.75, 3.05) is 0 Å². The summed E-state index contributed by atoms with van der Waals surface area (Å²) in [5, 5.41) is 6.13. The Labute approximate surface area is 119 Å². The summed E-state index contributed by atoms with van der Waals surface area (Å²) in [6.07, 6.45) is 5.90. The van der Waals surface area contributed by atoms with Gasteiger partial charge in [-0.1, -0.05) is 26.2 Å². The molecular formula is C15H32N2O2. The van der Waals surface area contributed by atoms with Crippen molar-refractivity contribution in [3.05, 3.63) is 0 Å². The minimum absolute atomic E-state index is 0. The van der Waals surface area contributed by atoms with Crippen molar-refractivity contribution in [2.24, 2.45) is 0 Å². The van der Waals surface area contributed by atoms with E-state index < -0.39 is 5.91 Å². The number of hydrogen-bond donors (Lipinski definition) is 2. The largest absolute Gasteiger partial charge is 0.347 e. The van der Waals surface area contributed by atoms with Gasteiger partial charge in [0.25, 0.3) is 5.91 Å². The number of ketones is 1. The van der Waals surface area contributed by atoms with Crippen molar-refractivity contribution in [3.8, 4) is 0 Å². The van der Waals surface area contributed by atoms with Crippen molar-refractivity contribution >= 4 is 11.7 Å². The first-order valence-electron chi connectivity index (χ1n) is 7.46. The fourth-order valence-corrected chi connectivity index (χ4v) is 2.57. The van der Waals surface area contributed by atoms with Crippen LogP contribution in [0.5, 0.6) is 0 Å². The predicted molar refractivity (Wildman–Crippen MR) is 81.2 cm³/mol. The van der Waals surface area contributed by atoms with E-state index in [1.54, 1.807) is 0 Å². The topological polar surface area (TPSA) is 58.2 Å². The quantitative estimate of drug-likeness (QED) is 0.731. The minimum atomic E-state index is -0.415. The Bertz CT molecular complexity index is 324. The summed E-state index contributed by atoms with van der Waals surface area (Å²) in [7, 11) is 0. The second kappa shape index (κ2) is 7.04.